The van der Waals surface area contributed by atoms with E-state index in [4.69, 9.17) is 15.9 Å². The van der Waals surface area contributed by atoms with Gasteiger partial charge in [0.25, 0.3) is 0 Å². The summed E-state index contributed by atoms with van der Waals surface area (Å²) in [4.78, 5) is 0. The minimum Gasteiger partial charge on any atom is -0.394 e. The van der Waals surface area contributed by atoms with E-state index in [0.717, 1.165) is 19.3 Å². The molecule has 0 unspecified atom stereocenters. The fourth-order valence-corrected chi connectivity index (χ4v) is 2.51. The maximum absolute atomic E-state index is 9.16. The molecule has 3 nitrogen and oxygen atoms in total. The monoisotopic (exact) mass is 299 g/mol. The van der Waals surface area contributed by atoms with Crippen LogP contribution in [0, 0.1) is 0 Å². The molecule has 0 atom stereocenters. The third-order valence-corrected chi connectivity index (χ3v) is 4.08. The third kappa shape index (κ3) is 4.67. The first kappa shape index (κ1) is 16.7. The summed E-state index contributed by atoms with van der Waals surface area (Å²) in [5, 5.41) is 18.3. The first-order valence-corrected chi connectivity index (χ1v) is 7.82. The summed E-state index contributed by atoms with van der Waals surface area (Å²) in [7, 11) is 0. The van der Waals surface area contributed by atoms with Crippen molar-refractivity contribution in [2.75, 3.05) is 13.2 Å². The molecule has 0 spiro atoms. The number of aliphatic hydroxyl groups excluding tert-OH is 2. The molecule has 0 aromatic heterocycles. The molecule has 0 fully saturated rings. The molecule has 0 radical (unpaired) electrons. The molecule has 0 saturated carbocycles. The fraction of sp³-hybridized carbons (Fsp3) is 0.368. The Bertz CT molecular complexity index is 547. The van der Waals surface area contributed by atoms with Gasteiger partial charge in [-0.25, -0.2) is 0 Å². The number of hydrogen-bond donors (Lipinski definition) is 3. The zero-order valence-corrected chi connectivity index (χ0v) is 12.9. The van der Waals surface area contributed by atoms with Crippen LogP contribution in [0.25, 0.3) is 11.1 Å². The van der Waals surface area contributed by atoms with E-state index in [-0.39, 0.29) is 13.2 Å². The average molecular weight is 299 g/mol. The van der Waals surface area contributed by atoms with Crippen LogP contribution in [0.1, 0.15) is 24.8 Å². The normalized spacial score (nSPS) is 11.6. The molecular weight excluding hydrogens is 274 g/mol. The summed E-state index contributed by atoms with van der Waals surface area (Å²) in [6, 6.07) is 19.0. The van der Waals surface area contributed by atoms with Gasteiger partial charge in [-0.1, -0.05) is 61.0 Å². The topological polar surface area (TPSA) is 66.5 Å². The lowest BCUT2D eigenvalue weighted by Crippen LogP contribution is -2.47. The second kappa shape index (κ2) is 8.08. The molecule has 2 rings (SSSR count). The van der Waals surface area contributed by atoms with Gasteiger partial charge in [-0.05, 0) is 36.0 Å². The highest BCUT2D eigenvalue weighted by molar-refractivity contribution is 5.63. The fourth-order valence-electron chi connectivity index (χ4n) is 2.51. The van der Waals surface area contributed by atoms with Crippen molar-refractivity contribution in [3.8, 4) is 11.1 Å². The van der Waals surface area contributed by atoms with Gasteiger partial charge in [0.05, 0.1) is 18.8 Å². The van der Waals surface area contributed by atoms with Gasteiger partial charge in [-0.3, -0.25) is 0 Å². The largest absolute Gasteiger partial charge is 0.394 e. The maximum atomic E-state index is 9.16. The number of nitrogens with two attached hydrogens (primary N) is 1. The van der Waals surface area contributed by atoms with Crippen LogP contribution in [0.15, 0.2) is 54.6 Å². The quantitative estimate of drug-likeness (QED) is 0.657. The Labute approximate surface area is 132 Å². The Morgan fingerprint density at radius 1 is 0.773 bits per heavy atom. The van der Waals surface area contributed by atoms with E-state index in [2.05, 4.69) is 36.4 Å². The molecule has 118 valence electrons. The first-order valence-electron chi connectivity index (χ1n) is 7.82. The average Bonchev–Trinajstić information content (AvgIpc) is 2.60. The van der Waals surface area contributed by atoms with Crippen molar-refractivity contribution in [2.45, 2.75) is 31.2 Å². The van der Waals surface area contributed by atoms with E-state index in [1.807, 2.05) is 18.2 Å². The van der Waals surface area contributed by atoms with Crippen LogP contribution >= 0.6 is 0 Å². The smallest absolute Gasteiger partial charge is 0.0633 e. The van der Waals surface area contributed by atoms with Gasteiger partial charge < -0.3 is 15.9 Å². The van der Waals surface area contributed by atoms with Gasteiger partial charge in [-0.2, -0.15) is 0 Å². The molecule has 2 aromatic carbocycles. The summed E-state index contributed by atoms with van der Waals surface area (Å²) in [5.41, 5.74) is 8.78. The SMILES string of the molecule is NC(CO)(CO)CCCCc1ccc(-c2ccccc2)cc1. The Kier molecular flexibility index (Phi) is 6.13. The van der Waals surface area contributed by atoms with E-state index in [1.54, 1.807) is 0 Å². The Hall–Kier alpha value is -1.68. The zero-order valence-electron chi connectivity index (χ0n) is 12.9. The van der Waals surface area contributed by atoms with Gasteiger partial charge in [0.2, 0.25) is 0 Å². The van der Waals surface area contributed by atoms with Gasteiger partial charge in [0.15, 0.2) is 0 Å². The number of aryl methyl sites for hydroxylation is 1. The molecule has 0 amide bonds. The molecule has 0 bridgehead atoms. The Morgan fingerprint density at radius 3 is 1.95 bits per heavy atom. The predicted octanol–water partition coefficient (Wildman–Crippen LogP) is 2.75. The van der Waals surface area contributed by atoms with E-state index in [0.29, 0.717) is 6.42 Å². The molecule has 0 aliphatic rings. The van der Waals surface area contributed by atoms with Gasteiger partial charge in [0, 0.05) is 0 Å². The van der Waals surface area contributed by atoms with E-state index < -0.39 is 5.54 Å². The van der Waals surface area contributed by atoms with Gasteiger partial charge in [-0.15, -0.1) is 0 Å². The molecule has 0 aliphatic carbocycles. The van der Waals surface area contributed by atoms with E-state index in [1.165, 1.54) is 16.7 Å². The lowest BCUT2D eigenvalue weighted by atomic mass is 9.94. The Morgan fingerprint density at radius 2 is 1.36 bits per heavy atom. The lowest BCUT2D eigenvalue weighted by molar-refractivity contribution is 0.112. The number of benzene rings is 2. The van der Waals surface area contributed by atoms with E-state index in [9.17, 15) is 0 Å². The number of rotatable bonds is 8. The second-order valence-corrected chi connectivity index (χ2v) is 5.95. The summed E-state index contributed by atoms with van der Waals surface area (Å²) < 4.78 is 0. The van der Waals surface area contributed by atoms with Crippen molar-refractivity contribution < 1.29 is 10.2 Å². The van der Waals surface area contributed by atoms with Crippen LogP contribution in [0.4, 0.5) is 0 Å². The van der Waals surface area contributed by atoms with Gasteiger partial charge >= 0.3 is 0 Å². The van der Waals surface area contributed by atoms with Crippen LogP contribution in [0.3, 0.4) is 0 Å². The Balaban J connectivity index is 1.82. The number of unbranched alkanes of at least 4 members (excludes halogenated alkanes) is 1. The molecule has 3 heteroatoms. The minimum absolute atomic E-state index is 0.171. The van der Waals surface area contributed by atoms with Crippen molar-refractivity contribution in [3.05, 3.63) is 60.2 Å². The highest BCUT2D eigenvalue weighted by atomic mass is 16.3. The summed E-state index contributed by atoms with van der Waals surface area (Å²) in [6.07, 6.45) is 3.53. The molecule has 0 aliphatic heterocycles. The second-order valence-electron chi connectivity index (χ2n) is 5.95. The van der Waals surface area contributed by atoms with Crippen LogP contribution in [0.5, 0.6) is 0 Å². The van der Waals surface area contributed by atoms with Crippen molar-refractivity contribution in [2.24, 2.45) is 5.73 Å². The molecule has 4 N–H and O–H groups in total. The van der Waals surface area contributed by atoms with Crippen molar-refractivity contribution in [1.29, 1.82) is 0 Å². The van der Waals surface area contributed by atoms with Gasteiger partial charge in [0.1, 0.15) is 0 Å². The predicted molar refractivity (Wildman–Crippen MR) is 90.5 cm³/mol. The lowest BCUT2D eigenvalue weighted by Gasteiger charge is -2.24. The van der Waals surface area contributed by atoms with Crippen molar-refractivity contribution in [3.63, 3.8) is 0 Å². The van der Waals surface area contributed by atoms with E-state index >= 15 is 0 Å². The summed E-state index contributed by atoms with van der Waals surface area (Å²) in [5.74, 6) is 0. The molecule has 0 saturated heterocycles. The van der Waals surface area contributed by atoms with Crippen molar-refractivity contribution >= 4 is 0 Å². The summed E-state index contributed by atoms with van der Waals surface area (Å²) >= 11 is 0. The number of aliphatic hydroxyl groups is 2. The highest BCUT2D eigenvalue weighted by Gasteiger charge is 2.21. The highest BCUT2D eigenvalue weighted by Crippen LogP contribution is 2.20. The molecular formula is C19H25NO2. The summed E-state index contributed by atoms with van der Waals surface area (Å²) in [6.45, 7) is -0.343. The third-order valence-electron chi connectivity index (χ3n) is 4.08. The zero-order chi connectivity index (χ0) is 15.8. The van der Waals surface area contributed by atoms with Crippen LogP contribution in [0.2, 0.25) is 0 Å². The standard InChI is InChI=1S/C19H25NO2/c20-19(14-21,15-22)13-5-4-6-16-9-11-18(12-10-16)17-7-2-1-3-8-17/h1-3,7-12,21-22H,4-6,13-15,20H2. The maximum Gasteiger partial charge on any atom is 0.0633 e. The number of hydrogen-bond acceptors (Lipinski definition) is 3. The molecule has 2 aromatic rings. The molecule has 22 heavy (non-hydrogen) atoms. The first-order chi connectivity index (χ1) is 10.7. The van der Waals surface area contributed by atoms with Crippen LogP contribution in [-0.2, 0) is 6.42 Å². The van der Waals surface area contributed by atoms with Crippen LogP contribution in [-0.4, -0.2) is 29.0 Å². The van der Waals surface area contributed by atoms with Crippen molar-refractivity contribution in [1.82, 2.24) is 0 Å². The molecule has 0 heterocycles. The minimum atomic E-state index is -0.836. The van der Waals surface area contributed by atoms with Crippen LogP contribution < -0.4 is 5.73 Å².